The maximum atomic E-state index is 13.9. The van der Waals surface area contributed by atoms with E-state index in [1.165, 1.54) is 33.6 Å². The number of H-pyrrole nitrogens is 1. The third-order valence-corrected chi connectivity index (χ3v) is 3.88. The quantitative estimate of drug-likeness (QED) is 0.685. The molecule has 1 heterocycles. The van der Waals surface area contributed by atoms with Crippen LogP contribution in [0.3, 0.4) is 0 Å². The molecule has 0 atom stereocenters. The van der Waals surface area contributed by atoms with Crippen molar-refractivity contribution in [2.45, 2.75) is 0 Å². The van der Waals surface area contributed by atoms with Crippen LogP contribution in [0.15, 0.2) is 42.6 Å². The minimum absolute atomic E-state index is 0.220. The van der Waals surface area contributed by atoms with Gasteiger partial charge in [-0.25, -0.2) is 9.37 Å². The number of nitrogens with one attached hydrogen (secondary N) is 1. The van der Waals surface area contributed by atoms with E-state index in [0.717, 1.165) is 0 Å². The standard InChI is InChI=1S/C19H17FN2O4/c1-24-15-8-11(9-16(25-2)18(15)26-3)17(23)14-10-21-19(22-14)12-6-4-5-7-13(12)20/h4-10H,1-3H3,(H,21,22). The first-order valence-corrected chi connectivity index (χ1v) is 7.73. The van der Waals surface area contributed by atoms with Gasteiger partial charge in [0, 0.05) is 5.56 Å². The second kappa shape index (κ2) is 7.26. The Labute approximate surface area is 149 Å². The molecule has 0 saturated carbocycles. The molecule has 0 spiro atoms. The van der Waals surface area contributed by atoms with Crippen LogP contribution in [-0.4, -0.2) is 37.1 Å². The van der Waals surface area contributed by atoms with Gasteiger partial charge < -0.3 is 19.2 Å². The highest BCUT2D eigenvalue weighted by Crippen LogP contribution is 2.38. The number of aromatic amines is 1. The monoisotopic (exact) mass is 356 g/mol. The molecule has 0 aliphatic carbocycles. The number of rotatable bonds is 6. The molecule has 2 aromatic carbocycles. The van der Waals surface area contributed by atoms with Crippen LogP contribution in [0.4, 0.5) is 4.39 Å². The smallest absolute Gasteiger partial charge is 0.211 e. The number of nitrogens with zero attached hydrogens (tertiary/aromatic N) is 1. The summed E-state index contributed by atoms with van der Waals surface area (Å²) < 4.78 is 29.7. The number of carbonyl (C=O) groups is 1. The summed E-state index contributed by atoms with van der Waals surface area (Å²) in [5.41, 5.74) is 0.831. The lowest BCUT2D eigenvalue weighted by Gasteiger charge is -2.13. The van der Waals surface area contributed by atoms with Gasteiger partial charge in [0.25, 0.3) is 0 Å². The predicted octanol–water partition coefficient (Wildman–Crippen LogP) is 3.47. The van der Waals surface area contributed by atoms with Gasteiger partial charge in [-0.05, 0) is 24.3 Å². The Hall–Kier alpha value is -3.35. The van der Waals surface area contributed by atoms with E-state index in [2.05, 4.69) is 9.97 Å². The van der Waals surface area contributed by atoms with Crippen LogP contribution in [0.25, 0.3) is 11.4 Å². The molecule has 0 amide bonds. The summed E-state index contributed by atoms with van der Waals surface area (Å²) in [5, 5.41) is 0. The summed E-state index contributed by atoms with van der Waals surface area (Å²) in [6.45, 7) is 0. The van der Waals surface area contributed by atoms with Gasteiger partial charge in [0.15, 0.2) is 11.5 Å². The second-order valence-corrected chi connectivity index (χ2v) is 5.37. The minimum Gasteiger partial charge on any atom is -0.493 e. The van der Waals surface area contributed by atoms with E-state index >= 15 is 0 Å². The molecule has 0 aliphatic heterocycles. The molecule has 0 bridgehead atoms. The van der Waals surface area contributed by atoms with Crippen LogP contribution in [-0.2, 0) is 0 Å². The number of hydrogen-bond donors (Lipinski definition) is 1. The molecule has 3 rings (SSSR count). The molecule has 0 saturated heterocycles. The van der Waals surface area contributed by atoms with E-state index in [9.17, 15) is 9.18 Å². The Morgan fingerprint density at radius 1 is 1.04 bits per heavy atom. The normalized spacial score (nSPS) is 10.5. The first-order chi connectivity index (χ1) is 12.6. The number of hydrogen-bond acceptors (Lipinski definition) is 5. The number of ketones is 1. The third-order valence-electron chi connectivity index (χ3n) is 3.88. The molecule has 0 unspecified atom stereocenters. The first-order valence-electron chi connectivity index (χ1n) is 7.73. The van der Waals surface area contributed by atoms with Crippen molar-refractivity contribution in [2.24, 2.45) is 0 Å². The van der Waals surface area contributed by atoms with E-state index < -0.39 is 5.82 Å². The van der Waals surface area contributed by atoms with Crippen molar-refractivity contribution in [3.63, 3.8) is 0 Å². The Morgan fingerprint density at radius 2 is 1.69 bits per heavy atom. The van der Waals surface area contributed by atoms with E-state index in [1.54, 1.807) is 30.3 Å². The summed E-state index contributed by atoms with van der Waals surface area (Å²) in [6.07, 6.45) is 1.37. The third kappa shape index (κ3) is 3.11. The van der Waals surface area contributed by atoms with Crippen molar-refractivity contribution in [3.8, 4) is 28.6 Å². The fraction of sp³-hybridized carbons (Fsp3) is 0.158. The Kier molecular flexibility index (Phi) is 4.88. The Bertz CT molecular complexity index is 927. The Balaban J connectivity index is 1.99. The molecule has 0 aliphatic rings. The van der Waals surface area contributed by atoms with Crippen molar-refractivity contribution in [1.82, 2.24) is 9.97 Å². The zero-order valence-corrected chi connectivity index (χ0v) is 14.5. The van der Waals surface area contributed by atoms with Crippen LogP contribution in [0.1, 0.15) is 16.1 Å². The summed E-state index contributed by atoms with van der Waals surface area (Å²) in [4.78, 5) is 19.8. The fourth-order valence-electron chi connectivity index (χ4n) is 2.59. The van der Waals surface area contributed by atoms with Crippen LogP contribution in [0.2, 0.25) is 0 Å². The number of imidazole rings is 1. The van der Waals surface area contributed by atoms with Gasteiger partial charge in [-0.15, -0.1) is 0 Å². The van der Waals surface area contributed by atoms with Crippen molar-refractivity contribution < 1.29 is 23.4 Å². The molecule has 0 fully saturated rings. The van der Waals surface area contributed by atoms with Gasteiger partial charge in [0.05, 0.1) is 33.1 Å². The van der Waals surface area contributed by atoms with Crippen LogP contribution in [0.5, 0.6) is 17.2 Å². The largest absolute Gasteiger partial charge is 0.493 e. The van der Waals surface area contributed by atoms with Gasteiger partial charge in [-0.1, -0.05) is 12.1 Å². The molecule has 26 heavy (non-hydrogen) atoms. The Morgan fingerprint density at radius 3 is 2.27 bits per heavy atom. The number of aromatic nitrogens is 2. The molecule has 3 aromatic rings. The van der Waals surface area contributed by atoms with Gasteiger partial charge in [-0.2, -0.15) is 0 Å². The molecular formula is C19H17FN2O4. The van der Waals surface area contributed by atoms with E-state index in [-0.39, 0.29) is 22.9 Å². The highest BCUT2D eigenvalue weighted by atomic mass is 19.1. The second-order valence-electron chi connectivity index (χ2n) is 5.37. The maximum absolute atomic E-state index is 13.9. The summed E-state index contributed by atoms with van der Waals surface area (Å²) >= 11 is 0. The molecule has 1 N–H and O–H groups in total. The number of benzene rings is 2. The van der Waals surface area contributed by atoms with Crippen molar-refractivity contribution in [2.75, 3.05) is 21.3 Å². The lowest BCUT2D eigenvalue weighted by atomic mass is 10.1. The number of carbonyl (C=O) groups excluding carboxylic acids is 1. The molecule has 6 nitrogen and oxygen atoms in total. The molecule has 1 aromatic heterocycles. The summed E-state index contributed by atoms with van der Waals surface area (Å²) in [6, 6.07) is 9.30. The highest BCUT2D eigenvalue weighted by Gasteiger charge is 2.20. The zero-order valence-electron chi connectivity index (χ0n) is 14.5. The van der Waals surface area contributed by atoms with E-state index in [1.807, 2.05) is 0 Å². The summed E-state index contributed by atoms with van der Waals surface area (Å²) in [5.74, 6) is 0.642. The van der Waals surface area contributed by atoms with Gasteiger partial charge in [0.1, 0.15) is 17.3 Å². The summed E-state index contributed by atoms with van der Waals surface area (Å²) in [7, 11) is 4.42. The van der Waals surface area contributed by atoms with E-state index in [0.29, 0.717) is 22.8 Å². The lowest BCUT2D eigenvalue weighted by Crippen LogP contribution is -2.04. The van der Waals surface area contributed by atoms with Gasteiger partial charge >= 0.3 is 0 Å². The molecule has 7 heteroatoms. The van der Waals surface area contributed by atoms with Crippen molar-refractivity contribution in [1.29, 1.82) is 0 Å². The number of ether oxygens (including phenoxy) is 3. The maximum Gasteiger partial charge on any atom is 0.211 e. The molecule has 134 valence electrons. The molecular weight excluding hydrogens is 339 g/mol. The average Bonchev–Trinajstić information content (AvgIpc) is 3.16. The van der Waals surface area contributed by atoms with Crippen LogP contribution < -0.4 is 14.2 Å². The predicted molar refractivity (Wildman–Crippen MR) is 93.5 cm³/mol. The minimum atomic E-state index is -0.423. The fourth-order valence-corrected chi connectivity index (χ4v) is 2.59. The first kappa shape index (κ1) is 17.5. The van der Waals surface area contributed by atoms with Crippen molar-refractivity contribution >= 4 is 5.78 Å². The zero-order chi connectivity index (χ0) is 18.7. The highest BCUT2D eigenvalue weighted by molar-refractivity contribution is 6.08. The number of halogens is 1. The van der Waals surface area contributed by atoms with E-state index in [4.69, 9.17) is 14.2 Å². The van der Waals surface area contributed by atoms with Crippen LogP contribution in [0, 0.1) is 5.82 Å². The van der Waals surface area contributed by atoms with Crippen molar-refractivity contribution in [3.05, 3.63) is 59.7 Å². The SMILES string of the molecule is COc1cc(C(=O)c2cnc(-c3ccccc3F)[nH]2)cc(OC)c1OC. The topological polar surface area (TPSA) is 73.4 Å². The average molecular weight is 356 g/mol. The van der Waals surface area contributed by atoms with Gasteiger partial charge in [-0.3, -0.25) is 4.79 Å². The van der Waals surface area contributed by atoms with Gasteiger partial charge in [0.2, 0.25) is 11.5 Å². The lowest BCUT2D eigenvalue weighted by molar-refractivity contribution is 0.103. The van der Waals surface area contributed by atoms with Crippen LogP contribution >= 0.6 is 0 Å². The molecule has 0 radical (unpaired) electrons. The number of methoxy groups -OCH3 is 3.